The molecule has 0 aromatic carbocycles. The Kier molecular flexibility index (Phi) is 2.98. The molecular weight excluding hydrogens is 136 g/mol. The molecule has 1 fully saturated rings. The summed E-state index contributed by atoms with van der Waals surface area (Å²) in [6, 6.07) is 0. The molecule has 0 spiro atoms. The standard InChI is InChI=1S/C10H18O/c1-8(2)11-9(3)10-6-4-5-7-10/h8,10H,3-7H2,1-2H3. The molecule has 1 rings (SSSR count). The predicted molar refractivity (Wildman–Crippen MR) is 47.3 cm³/mol. The quantitative estimate of drug-likeness (QED) is 0.567. The van der Waals surface area contributed by atoms with Gasteiger partial charge in [-0.1, -0.05) is 19.4 Å². The second-order valence-electron chi connectivity index (χ2n) is 3.61. The van der Waals surface area contributed by atoms with E-state index in [1.807, 2.05) is 0 Å². The summed E-state index contributed by atoms with van der Waals surface area (Å²) in [5, 5.41) is 0. The summed E-state index contributed by atoms with van der Waals surface area (Å²) in [7, 11) is 0. The van der Waals surface area contributed by atoms with Crippen molar-refractivity contribution in [2.75, 3.05) is 0 Å². The van der Waals surface area contributed by atoms with E-state index in [1.54, 1.807) is 0 Å². The first-order valence-electron chi connectivity index (χ1n) is 4.55. The Morgan fingerprint density at radius 3 is 2.36 bits per heavy atom. The highest BCUT2D eigenvalue weighted by molar-refractivity contribution is 4.94. The molecule has 11 heavy (non-hydrogen) atoms. The van der Waals surface area contributed by atoms with Gasteiger partial charge in [0.05, 0.1) is 11.9 Å². The number of allylic oxidation sites excluding steroid dienone is 1. The maximum absolute atomic E-state index is 5.54. The van der Waals surface area contributed by atoms with Gasteiger partial charge in [0.2, 0.25) is 0 Å². The lowest BCUT2D eigenvalue weighted by Gasteiger charge is -2.17. The third-order valence-corrected chi connectivity index (χ3v) is 2.20. The first kappa shape index (κ1) is 8.63. The molecule has 64 valence electrons. The van der Waals surface area contributed by atoms with Crippen LogP contribution in [0.3, 0.4) is 0 Å². The zero-order chi connectivity index (χ0) is 8.27. The van der Waals surface area contributed by atoms with Gasteiger partial charge in [-0.2, -0.15) is 0 Å². The average Bonchev–Trinajstić information content (AvgIpc) is 2.35. The topological polar surface area (TPSA) is 9.23 Å². The zero-order valence-corrected chi connectivity index (χ0v) is 7.60. The van der Waals surface area contributed by atoms with Crippen LogP contribution in [0, 0.1) is 5.92 Å². The van der Waals surface area contributed by atoms with Crippen LogP contribution in [0.2, 0.25) is 0 Å². The minimum atomic E-state index is 0.295. The maximum Gasteiger partial charge on any atom is 0.0926 e. The second kappa shape index (κ2) is 3.80. The van der Waals surface area contributed by atoms with Crippen molar-refractivity contribution in [3.63, 3.8) is 0 Å². The van der Waals surface area contributed by atoms with E-state index >= 15 is 0 Å². The first-order chi connectivity index (χ1) is 5.20. The van der Waals surface area contributed by atoms with Gasteiger partial charge in [0.25, 0.3) is 0 Å². The van der Waals surface area contributed by atoms with Gasteiger partial charge in [0.15, 0.2) is 0 Å². The smallest absolute Gasteiger partial charge is 0.0926 e. The number of rotatable bonds is 3. The van der Waals surface area contributed by atoms with E-state index in [9.17, 15) is 0 Å². The Bertz CT molecular complexity index is 132. The Morgan fingerprint density at radius 2 is 1.91 bits per heavy atom. The van der Waals surface area contributed by atoms with Gasteiger partial charge in [-0.3, -0.25) is 0 Å². The van der Waals surface area contributed by atoms with Gasteiger partial charge < -0.3 is 4.74 Å². The molecule has 1 aliphatic rings. The van der Waals surface area contributed by atoms with Crippen LogP contribution in [0.15, 0.2) is 12.3 Å². The van der Waals surface area contributed by atoms with E-state index in [2.05, 4.69) is 20.4 Å². The van der Waals surface area contributed by atoms with Crippen molar-refractivity contribution in [2.24, 2.45) is 5.92 Å². The van der Waals surface area contributed by atoms with Crippen LogP contribution in [0.5, 0.6) is 0 Å². The summed E-state index contributed by atoms with van der Waals surface area (Å²) < 4.78 is 5.54. The molecule has 1 saturated carbocycles. The molecule has 0 aliphatic heterocycles. The molecule has 0 aromatic heterocycles. The van der Waals surface area contributed by atoms with Crippen LogP contribution in [0.1, 0.15) is 39.5 Å². The third-order valence-electron chi connectivity index (χ3n) is 2.20. The summed E-state index contributed by atoms with van der Waals surface area (Å²) in [6.45, 7) is 8.07. The first-order valence-corrected chi connectivity index (χ1v) is 4.55. The summed E-state index contributed by atoms with van der Waals surface area (Å²) >= 11 is 0. The van der Waals surface area contributed by atoms with Crippen LogP contribution in [-0.2, 0) is 4.74 Å². The number of ether oxygens (including phenoxy) is 1. The van der Waals surface area contributed by atoms with Crippen molar-refractivity contribution < 1.29 is 4.74 Å². The van der Waals surface area contributed by atoms with Crippen molar-refractivity contribution in [1.29, 1.82) is 0 Å². The molecule has 0 heterocycles. The van der Waals surface area contributed by atoms with Crippen LogP contribution >= 0.6 is 0 Å². The lowest BCUT2D eigenvalue weighted by atomic mass is 10.1. The SMILES string of the molecule is C=C(OC(C)C)C1CCCC1. The second-order valence-corrected chi connectivity index (χ2v) is 3.61. The van der Waals surface area contributed by atoms with E-state index in [0.29, 0.717) is 12.0 Å². The van der Waals surface area contributed by atoms with Crippen molar-refractivity contribution >= 4 is 0 Å². The molecule has 0 N–H and O–H groups in total. The van der Waals surface area contributed by atoms with E-state index in [1.165, 1.54) is 25.7 Å². The van der Waals surface area contributed by atoms with Crippen LogP contribution in [0.25, 0.3) is 0 Å². The molecule has 0 saturated heterocycles. The highest BCUT2D eigenvalue weighted by Gasteiger charge is 2.19. The Balaban J connectivity index is 2.28. The zero-order valence-electron chi connectivity index (χ0n) is 7.60. The highest BCUT2D eigenvalue weighted by atomic mass is 16.5. The van der Waals surface area contributed by atoms with Crippen LogP contribution in [-0.4, -0.2) is 6.10 Å². The van der Waals surface area contributed by atoms with Gasteiger partial charge in [-0.25, -0.2) is 0 Å². The highest BCUT2D eigenvalue weighted by Crippen LogP contribution is 2.30. The van der Waals surface area contributed by atoms with Gasteiger partial charge in [-0.05, 0) is 26.7 Å². The lowest BCUT2D eigenvalue weighted by molar-refractivity contribution is 0.122. The van der Waals surface area contributed by atoms with E-state index in [0.717, 1.165) is 5.76 Å². The molecule has 0 radical (unpaired) electrons. The van der Waals surface area contributed by atoms with Crippen LogP contribution < -0.4 is 0 Å². The van der Waals surface area contributed by atoms with Crippen molar-refractivity contribution in [3.05, 3.63) is 12.3 Å². The van der Waals surface area contributed by atoms with Crippen molar-refractivity contribution in [3.8, 4) is 0 Å². The molecule has 0 aromatic rings. The van der Waals surface area contributed by atoms with Gasteiger partial charge >= 0.3 is 0 Å². The molecule has 0 atom stereocenters. The average molecular weight is 154 g/mol. The lowest BCUT2D eigenvalue weighted by Crippen LogP contribution is -2.07. The molecular formula is C10H18O. The summed E-state index contributed by atoms with van der Waals surface area (Å²) in [6.07, 6.45) is 5.57. The maximum atomic E-state index is 5.54. The van der Waals surface area contributed by atoms with Gasteiger partial charge in [0, 0.05) is 5.92 Å². The molecule has 1 aliphatic carbocycles. The molecule has 1 nitrogen and oxygen atoms in total. The fourth-order valence-corrected chi connectivity index (χ4v) is 1.65. The normalized spacial score (nSPS) is 19.2. The molecule has 0 unspecified atom stereocenters. The Hall–Kier alpha value is -0.460. The minimum absolute atomic E-state index is 0.295. The van der Waals surface area contributed by atoms with Gasteiger partial charge in [0.1, 0.15) is 0 Å². The molecule has 0 bridgehead atoms. The van der Waals surface area contributed by atoms with E-state index in [4.69, 9.17) is 4.74 Å². The Labute approximate surface area is 69.4 Å². The van der Waals surface area contributed by atoms with Crippen molar-refractivity contribution in [2.45, 2.75) is 45.6 Å². The monoisotopic (exact) mass is 154 g/mol. The van der Waals surface area contributed by atoms with Crippen LogP contribution in [0.4, 0.5) is 0 Å². The fraction of sp³-hybridized carbons (Fsp3) is 0.800. The van der Waals surface area contributed by atoms with Gasteiger partial charge in [-0.15, -0.1) is 0 Å². The largest absolute Gasteiger partial charge is 0.496 e. The molecule has 0 amide bonds. The summed E-state index contributed by atoms with van der Waals surface area (Å²) in [4.78, 5) is 0. The van der Waals surface area contributed by atoms with E-state index < -0.39 is 0 Å². The minimum Gasteiger partial charge on any atom is -0.496 e. The molecule has 1 heteroatoms. The third kappa shape index (κ3) is 2.57. The number of hydrogen-bond donors (Lipinski definition) is 0. The van der Waals surface area contributed by atoms with E-state index in [-0.39, 0.29) is 0 Å². The number of hydrogen-bond acceptors (Lipinski definition) is 1. The summed E-state index contributed by atoms with van der Waals surface area (Å²) in [5.74, 6) is 1.66. The predicted octanol–water partition coefficient (Wildman–Crippen LogP) is 3.12. The Morgan fingerprint density at radius 1 is 1.36 bits per heavy atom. The van der Waals surface area contributed by atoms with Crippen molar-refractivity contribution in [1.82, 2.24) is 0 Å². The summed E-state index contributed by atoms with van der Waals surface area (Å²) in [5.41, 5.74) is 0. The fourth-order valence-electron chi connectivity index (χ4n) is 1.65.